The van der Waals surface area contributed by atoms with Crippen LogP contribution < -0.4 is 5.32 Å². The SMILES string of the molecule is CN(CC(=O)N(Cc1ccc(F)cc1)[C@H](C(=O)NCc1ccccn1)c1ccccc1)S(C)(=O)=O. The first kappa shape index (κ1) is 26.0. The van der Waals surface area contributed by atoms with Gasteiger partial charge in [0.25, 0.3) is 0 Å². The number of amides is 2. The third kappa shape index (κ3) is 7.43. The van der Waals surface area contributed by atoms with Gasteiger partial charge in [0.1, 0.15) is 11.9 Å². The Morgan fingerprint density at radius 1 is 1.00 bits per heavy atom. The molecule has 1 atom stereocenters. The van der Waals surface area contributed by atoms with Crippen molar-refractivity contribution in [3.8, 4) is 0 Å². The Balaban J connectivity index is 1.97. The summed E-state index contributed by atoms with van der Waals surface area (Å²) in [4.78, 5) is 32.4. The van der Waals surface area contributed by atoms with Gasteiger partial charge in [0.05, 0.1) is 25.0 Å². The molecular weight excluding hydrogens is 471 g/mol. The topological polar surface area (TPSA) is 99.7 Å². The fourth-order valence-corrected chi connectivity index (χ4v) is 3.74. The summed E-state index contributed by atoms with van der Waals surface area (Å²) in [6, 6.07) is 18.5. The van der Waals surface area contributed by atoms with Crippen molar-refractivity contribution in [2.75, 3.05) is 19.8 Å². The van der Waals surface area contributed by atoms with Crippen molar-refractivity contribution in [2.24, 2.45) is 0 Å². The van der Waals surface area contributed by atoms with Crippen molar-refractivity contribution in [2.45, 2.75) is 19.1 Å². The number of rotatable bonds is 10. The second-order valence-electron chi connectivity index (χ2n) is 8.02. The van der Waals surface area contributed by atoms with Crippen molar-refractivity contribution < 1.29 is 22.4 Å². The molecule has 0 fully saturated rings. The molecule has 1 aromatic heterocycles. The average molecular weight is 499 g/mol. The monoisotopic (exact) mass is 498 g/mol. The molecule has 0 unspecified atom stereocenters. The first-order valence-corrected chi connectivity index (χ1v) is 12.7. The highest BCUT2D eigenvalue weighted by Crippen LogP contribution is 2.24. The van der Waals surface area contributed by atoms with Gasteiger partial charge in [0.2, 0.25) is 21.8 Å². The highest BCUT2D eigenvalue weighted by Gasteiger charge is 2.32. The molecule has 0 bridgehead atoms. The number of halogens is 1. The minimum absolute atomic E-state index is 0.0344. The Morgan fingerprint density at radius 2 is 1.66 bits per heavy atom. The number of sulfonamides is 1. The van der Waals surface area contributed by atoms with Crippen LogP contribution in [0.4, 0.5) is 4.39 Å². The van der Waals surface area contributed by atoms with E-state index < -0.39 is 40.2 Å². The molecule has 1 N–H and O–H groups in total. The fraction of sp³-hybridized carbons (Fsp3) is 0.240. The van der Waals surface area contributed by atoms with E-state index in [1.54, 1.807) is 54.7 Å². The highest BCUT2D eigenvalue weighted by molar-refractivity contribution is 7.88. The Kier molecular flexibility index (Phi) is 8.67. The summed E-state index contributed by atoms with van der Waals surface area (Å²) in [6.45, 7) is -0.352. The molecular formula is C25H27FN4O4S. The number of nitrogens with one attached hydrogen (secondary N) is 1. The molecule has 0 aliphatic carbocycles. The number of benzene rings is 2. The third-order valence-electron chi connectivity index (χ3n) is 5.36. The molecule has 1 heterocycles. The number of likely N-dealkylation sites (N-methyl/N-ethyl adjacent to an activating group) is 1. The van der Waals surface area contributed by atoms with E-state index in [1.165, 1.54) is 36.2 Å². The number of nitrogens with zero attached hydrogens (tertiary/aromatic N) is 3. The van der Waals surface area contributed by atoms with Crippen LogP contribution in [0.2, 0.25) is 0 Å². The van der Waals surface area contributed by atoms with Gasteiger partial charge in [0.15, 0.2) is 0 Å². The van der Waals surface area contributed by atoms with Crippen LogP contribution in [0, 0.1) is 5.82 Å². The molecule has 0 saturated carbocycles. The summed E-state index contributed by atoms with van der Waals surface area (Å²) >= 11 is 0. The number of aromatic nitrogens is 1. The summed E-state index contributed by atoms with van der Waals surface area (Å²) in [5, 5.41) is 2.82. The normalized spacial score (nSPS) is 12.2. The lowest BCUT2D eigenvalue weighted by molar-refractivity contribution is -0.141. The van der Waals surface area contributed by atoms with E-state index in [-0.39, 0.29) is 13.1 Å². The van der Waals surface area contributed by atoms with Gasteiger partial charge in [-0.15, -0.1) is 0 Å². The first-order valence-electron chi connectivity index (χ1n) is 10.8. The average Bonchev–Trinajstić information content (AvgIpc) is 2.84. The molecule has 184 valence electrons. The van der Waals surface area contributed by atoms with Gasteiger partial charge in [-0.1, -0.05) is 48.5 Å². The van der Waals surface area contributed by atoms with Crippen molar-refractivity contribution in [3.05, 3.63) is 102 Å². The fourth-order valence-electron chi connectivity index (χ4n) is 3.39. The lowest BCUT2D eigenvalue weighted by Gasteiger charge is -2.32. The molecule has 2 aromatic carbocycles. The van der Waals surface area contributed by atoms with Gasteiger partial charge in [-0.05, 0) is 35.4 Å². The zero-order valence-electron chi connectivity index (χ0n) is 19.5. The molecule has 0 saturated heterocycles. The van der Waals surface area contributed by atoms with Crippen molar-refractivity contribution >= 4 is 21.8 Å². The van der Waals surface area contributed by atoms with Crippen LogP contribution in [0.3, 0.4) is 0 Å². The summed E-state index contributed by atoms with van der Waals surface area (Å²) in [6.07, 6.45) is 2.61. The Hall–Kier alpha value is -3.63. The van der Waals surface area contributed by atoms with E-state index >= 15 is 0 Å². The molecule has 0 radical (unpaired) electrons. The van der Waals surface area contributed by atoms with E-state index in [4.69, 9.17) is 0 Å². The number of hydrogen-bond acceptors (Lipinski definition) is 5. The molecule has 10 heteroatoms. The van der Waals surface area contributed by atoms with Gasteiger partial charge >= 0.3 is 0 Å². The van der Waals surface area contributed by atoms with Crippen LogP contribution in [0.25, 0.3) is 0 Å². The molecule has 0 aliphatic heterocycles. The van der Waals surface area contributed by atoms with E-state index in [1.807, 2.05) is 0 Å². The van der Waals surface area contributed by atoms with Gasteiger partial charge < -0.3 is 10.2 Å². The van der Waals surface area contributed by atoms with Crippen LogP contribution in [-0.2, 0) is 32.7 Å². The number of carbonyl (C=O) groups is 2. The Labute approximate surface area is 204 Å². The second-order valence-corrected chi connectivity index (χ2v) is 10.1. The molecule has 8 nitrogen and oxygen atoms in total. The lowest BCUT2D eigenvalue weighted by Crippen LogP contribution is -2.47. The predicted molar refractivity (Wildman–Crippen MR) is 130 cm³/mol. The van der Waals surface area contributed by atoms with Crippen LogP contribution in [0.5, 0.6) is 0 Å². The maximum atomic E-state index is 13.5. The molecule has 2 amide bonds. The summed E-state index contributed by atoms with van der Waals surface area (Å²) < 4.78 is 38.3. The third-order valence-corrected chi connectivity index (χ3v) is 6.62. The standard InChI is InChI=1S/C25H27FN4O4S/c1-29(35(2,33)34)18-23(31)30(17-19-11-13-21(26)14-12-19)24(20-8-4-3-5-9-20)25(32)28-16-22-10-6-7-15-27-22/h3-15,24H,16-18H2,1-2H3,(H,28,32)/t24-/m0/s1. The summed E-state index contributed by atoms with van der Waals surface area (Å²) in [7, 11) is -2.35. The predicted octanol–water partition coefficient (Wildman–Crippen LogP) is 2.50. The summed E-state index contributed by atoms with van der Waals surface area (Å²) in [5.74, 6) is -1.47. The van der Waals surface area contributed by atoms with Crippen LogP contribution in [-0.4, -0.2) is 54.3 Å². The maximum Gasteiger partial charge on any atom is 0.247 e. The highest BCUT2D eigenvalue weighted by atomic mass is 32.2. The van der Waals surface area contributed by atoms with Gasteiger partial charge in [0, 0.05) is 19.8 Å². The van der Waals surface area contributed by atoms with Crippen LogP contribution in [0.1, 0.15) is 22.9 Å². The number of hydrogen-bond donors (Lipinski definition) is 1. The minimum atomic E-state index is -3.64. The largest absolute Gasteiger partial charge is 0.348 e. The van der Waals surface area contributed by atoms with Crippen LogP contribution in [0.15, 0.2) is 79.0 Å². The molecule has 0 spiro atoms. The number of pyridine rings is 1. The lowest BCUT2D eigenvalue weighted by atomic mass is 10.0. The van der Waals surface area contributed by atoms with Crippen molar-refractivity contribution in [3.63, 3.8) is 0 Å². The smallest absolute Gasteiger partial charge is 0.247 e. The minimum Gasteiger partial charge on any atom is -0.348 e. The molecule has 35 heavy (non-hydrogen) atoms. The van der Waals surface area contributed by atoms with Crippen molar-refractivity contribution in [1.29, 1.82) is 0 Å². The van der Waals surface area contributed by atoms with Gasteiger partial charge in [-0.25, -0.2) is 12.8 Å². The Morgan fingerprint density at radius 3 is 2.26 bits per heavy atom. The molecule has 3 rings (SSSR count). The van der Waals surface area contributed by atoms with E-state index in [9.17, 15) is 22.4 Å². The van der Waals surface area contributed by atoms with E-state index in [2.05, 4.69) is 10.3 Å². The zero-order valence-corrected chi connectivity index (χ0v) is 20.3. The van der Waals surface area contributed by atoms with Crippen molar-refractivity contribution in [1.82, 2.24) is 19.5 Å². The van der Waals surface area contributed by atoms with E-state index in [0.29, 0.717) is 16.8 Å². The van der Waals surface area contributed by atoms with Gasteiger partial charge in [-0.3, -0.25) is 14.6 Å². The van der Waals surface area contributed by atoms with E-state index in [0.717, 1.165) is 10.6 Å². The zero-order chi connectivity index (χ0) is 25.4. The van der Waals surface area contributed by atoms with Gasteiger partial charge in [-0.2, -0.15) is 4.31 Å². The second kappa shape index (κ2) is 11.7. The van der Waals surface area contributed by atoms with Crippen LogP contribution >= 0.6 is 0 Å². The quantitative estimate of drug-likeness (QED) is 0.463. The molecule has 3 aromatic rings. The summed E-state index contributed by atoms with van der Waals surface area (Å²) in [5.41, 5.74) is 1.77. The number of carbonyl (C=O) groups excluding carboxylic acids is 2. The maximum absolute atomic E-state index is 13.5. The Bertz CT molecular complexity index is 1240. The molecule has 0 aliphatic rings. The first-order chi connectivity index (χ1) is 16.6.